The van der Waals surface area contributed by atoms with Crippen molar-refractivity contribution in [2.24, 2.45) is 9.98 Å². The van der Waals surface area contributed by atoms with Crippen LogP contribution in [0.2, 0.25) is 0 Å². The number of hydrogen-bond acceptors (Lipinski definition) is 4. The van der Waals surface area contributed by atoms with Crippen molar-refractivity contribution in [3.8, 4) is 6.07 Å². The summed E-state index contributed by atoms with van der Waals surface area (Å²) in [5.41, 5.74) is 1.12. The van der Waals surface area contributed by atoms with Crippen LogP contribution in [0, 0.1) is 11.3 Å². The molecule has 0 fully saturated rings. The van der Waals surface area contributed by atoms with Gasteiger partial charge in [0, 0.05) is 5.56 Å². The van der Waals surface area contributed by atoms with Gasteiger partial charge in [0.1, 0.15) is 5.84 Å². The second-order valence-electron chi connectivity index (χ2n) is 4.19. The molecule has 1 aromatic carbocycles. The standard InChI is InChI=1S/C12H6Cl6N4/c13-11(14,15)9-20-8(21-10(22-9)12(16,17)18)7-3-1-6(5-19)2-4-7/h1-4,9H,(H,20,21,22). The third kappa shape index (κ3) is 4.32. The first kappa shape index (κ1) is 17.9. The average molecular weight is 419 g/mol. The van der Waals surface area contributed by atoms with Gasteiger partial charge in [0.15, 0.2) is 12.0 Å². The lowest BCUT2D eigenvalue weighted by Crippen LogP contribution is -2.47. The first-order chi connectivity index (χ1) is 10.1. The zero-order chi connectivity index (χ0) is 16.5. The zero-order valence-electron chi connectivity index (χ0n) is 10.5. The summed E-state index contributed by atoms with van der Waals surface area (Å²) in [5, 5.41) is 11.7. The summed E-state index contributed by atoms with van der Waals surface area (Å²) in [7, 11) is 0. The lowest BCUT2D eigenvalue weighted by molar-refractivity contribution is 0.640. The molecule has 1 unspecified atom stereocenters. The van der Waals surface area contributed by atoms with Gasteiger partial charge in [0.2, 0.25) is 7.59 Å². The van der Waals surface area contributed by atoms with E-state index >= 15 is 0 Å². The molecule has 1 aromatic rings. The maximum Gasteiger partial charge on any atom is 0.249 e. The van der Waals surface area contributed by atoms with Crippen LogP contribution in [0.25, 0.3) is 0 Å². The van der Waals surface area contributed by atoms with Crippen molar-refractivity contribution in [1.82, 2.24) is 5.32 Å². The molecule has 1 heterocycles. The van der Waals surface area contributed by atoms with Crippen LogP contribution in [0.3, 0.4) is 0 Å². The molecule has 0 aliphatic carbocycles. The van der Waals surface area contributed by atoms with Crippen molar-refractivity contribution < 1.29 is 0 Å². The topological polar surface area (TPSA) is 60.5 Å². The van der Waals surface area contributed by atoms with Crippen LogP contribution < -0.4 is 5.32 Å². The normalized spacial score (nSPS) is 18.9. The number of amidine groups is 2. The third-order valence-corrected chi connectivity index (χ3v) is 3.72. The molecule has 0 saturated heterocycles. The van der Waals surface area contributed by atoms with E-state index in [-0.39, 0.29) is 5.84 Å². The third-order valence-electron chi connectivity index (χ3n) is 2.59. The fourth-order valence-corrected chi connectivity index (χ4v) is 2.18. The Bertz CT molecular complexity index is 663. The van der Waals surface area contributed by atoms with Crippen LogP contribution in [0.5, 0.6) is 0 Å². The Morgan fingerprint density at radius 2 is 1.64 bits per heavy atom. The number of hydrogen-bond donors (Lipinski definition) is 1. The quantitative estimate of drug-likeness (QED) is 0.688. The Labute approximate surface area is 156 Å². The van der Waals surface area contributed by atoms with Crippen molar-refractivity contribution in [1.29, 1.82) is 5.26 Å². The molecule has 0 spiro atoms. The van der Waals surface area contributed by atoms with Gasteiger partial charge < -0.3 is 5.32 Å². The highest BCUT2D eigenvalue weighted by atomic mass is 35.6. The molecule has 1 N–H and O–H groups in total. The van der Waals surface area contributed by atoms with E-state index in [4.69, 9.17) is 74.9 Å². The first-order valence-electron chi connectivity index (χ1n) is 5.69. The van der Waals surface area contributed by atoms with Crippen LogP contribution >= 0.6 is 69.6 Å². The summed E-state index contributed by atoms with van der Waals surface area (Å²) in [5.74, 6) is 0.212. The monoisotopic (exact) mass is 416 g/mol. The van der Waals surface area contributed by atoms with Gasteiger partial charge in [-0.1, -0.05) is 69.6 Å². The minimum absolute atomic E-state index is 0.105. The van der Waals surface area contributed by atoms with Gasteiger partial charge in [-0.2, -0.15) is 5.26 Å². The second-order valence-corrected chi connectivity index (χ2v) is 8.84. The number of alkyl halides is 6. The largest absolute Gasteiger partial charge is 0.344 e. The Morgan fingerprint density at radius 3 is 2.09 bits per heavy atom. The van der Waals surface area contributed by atoms with Gasteiger partial charge >= 0.3 is 0 Å². The second kappa shape index (κ2) is 6.60. The highest BCUT2D eigenvalue weighted by Crippen LogP contribution is 2.36. The van der Waals surface area contributed by atoms with E-state index in [1.807, 2.05) is 6.07 Å². The smallest absolute Gasteiger partial charge is 0.249 e. The molecule has 10 heteroatoms. The number of nitrogens with zero attached hydrogens (tertiary/aromatic N) is 3. The molecule has 1 atom stereocenters. The molecule has 1 aliphatic heterocycles. The van der Waals surface area contributed by atoms with E-state index in [9.17, 15) is 0 Å². The number of aliphatic imine (C=N–C) groups is 2. The maximum absolute atomic E-state index is 8.82. The van der Waals surface area contributed by atoms with E-state index in [0.29, 0.717) is 17.0 Å². The summed E-state index contributed by atoms with van der Waals surface area (Å²) in [4.78, 5) is 8.15. The van der Waals surface area contributed by atoms with Crippen molar-refractivity contribution in [3.63, 3.8) is 0 Å². The van der Waals surface area contributed by atoms with Gasteiger partial charge in [0.05, 0.1) is 11.6 Å². The van der Waals surface area contributed by atoms with Gasteiger partial charge in [-0.15, -0.1) is 0 Å². The van der Waals surface area contributed by atoms with Crippen LogP contribution in [0.15, 0.2) is 34.3 Å². The summed E-state index contributed by atoms with van der Waals surface area (Å²) in [6.45, 7) is 0. The van der Waals surface area contributed by atoms with Gasteiger partial charge in [-0.3, -0.25) is 0 Å². The molecule has 1 aliphatic rings. The molecule has 0 bridgehead atoms. The predicted molar refractivity (Wildman–Crippen MR) is 92.6 cm³/mol. The van der Waals surface area contributed by atoms with Gasteiger partial charge in [0.25, 0.3) is 0 Å². The zero-order valence-corrected chi connectivity index (χ0v) is 15.0. The lowest BCUT2D eigenvalue weighted by atomic mass is 10.1. The van der Waals surface area contributed by atoms with Crippen LogP contribution in [0.1, 0.15) is 11.1 Å². The van der Waals surface area contributed by atoms with Gasteiger partial charge in [-0.25, -0.2) is 9.98 Å². The number of nitriles is 1. The molecule has 116 valence electrons. The molecule has 0 radical (unpaired) electrons. The molecule has 0 amide bonds. The molecular weight excluding hydrogens is 413 g/mol. The first-order valence-corrected chi connectivity index (χ1v) is 7.95. The summed E-state index contributed by atoms with van der Waals surface area (Å²) < 4.78 is -3.64. The van der Waals surface area contributed by atoms with Gasteiger partial charge in [-0.05, 0) is 24.3 Å². The lowest BCUT2D eigenvalue weighted by Gasteiger charge is -2.29. The van der Waals surface area contributed by atoms with E-state index in [1.54, 1.807) is 24.3 Å². The Hall–Kier alpha value is -0.410. The highest BCUT2D eigenvalue weighted by molar-refractivity contribution is 6.77. The number of rotatable bonds is 1. The highest BCUT2D eigenvalue weighted by Gasteiger charge is 2.39. The van der Waals surface area contributed by atoms with Crippen LogP contribution in [-0.2, 0) is 0 Å². The fraction of sp³-hybridized carbons (Fsp3) is 0.250. The Kier molecular flexibility index (Phi) is 5.38. The Balaban J connectivity index is 2.44. The van der Waals surface area contributed by atoms with E-state index in [2.05, 4.69) is 15.3 Å². The van der Waals surface area contributed by atoms with Crippen molar-refractivity contribution >= 4 is 81.3 Å². The average Bonchev–Trinajstić information content (AvgIpc) is 2.45. The minimum atomic E-state index is -1.87. The summed E-state index contributed by atoms with van der Waals surface area (Å²) in [6.07, 6.45) is -0.980. The number of benzene rings is 1. The molecule has 4 nitrogen and oxygen atoms in total. The van der Waals surface area contributed by atoms with Crippen LogP contribution in [0.4, 0.5) is 0 Å². The molecule has 0 saturated carbocycles. The van der Waals surface area contributed by atoms with E-state index in [1.165, 1.54) is 0 Å². The fourth-order valence-electron chi connectivity index (χ4n) is 1.59. The molecule has 22 heavy (non-hydrogen) atoms. The summed E-state index contributed by atoms with van der Waals surface area (Å²) >= 11 is 35.0. The van der Waals surface area contributed by atoms with Crippen molar-refractivity contribution in [2.45, 2.75) is 13.8 Å². The molecular formula is C12H6Cl6N4. The summed E-state index contributed by atoms with van der Waals surface area (Å²) in [6, 6.07) is 8.58. The predicted octanol–water partition coefficient (Wildman–Crippen LogP) is 4.37. The van der Waals surface area contributed by atoms with Crippen LogP contribution in [-0.4, -0.2) is 25.4 Å². The molecule has 0 aromatic heterocycles. The SMILES string of the molecule is N#Cc1ccc(C2=NC(C(Cl)(Cl)Cl)=NC(C(Cl)(Cl)Cl)N2)cc1. The Morgan fingerprint density at radius 1 is 1.05 bits per heavy atom. The van der Waals surface area contributed by atoms with E-state index < -0.39 is 13.8 Å². The van der Waals surface area contributed by atoms with Crippen molar-refractivity contribution in [3.05, 3.63) is 35.4 Å². The minimum Gasteiger partial charge on any atom is -0.344 e. The van der Waals surface area contributed by atoms with Crippen molar-refractivity contribution in [2.75, 3.05) is 0 Å². The maximum atomic E-state index is 8.82. The van der Waals surface area contributed by atoms with E-state index in [0.717, 1.165) is 0 Å². The molecule has 2 rings (SSSR count). The number of halogens is 6. The number of nitrogens with one attached hydrogen (secondary N) is 1.